The zero-order valence-corrected chi connectivity index (χ0v) is 7.98. The highest BCUT2D eigenvalue weighted by atomic mass is 32.1. The molecule has 0 fully saturated rings. The fourth-order valence-electron chi connectivity index (χ4n) is 1.34. The maximum Gasteiger partial charge on any atom is 0.131 e. The molecular weight excluding hydrogens is 188 g/mol. The van der Waals surface area contributed by atoms with E-state index in [1.165, 1.54) is 5.69 Å². The number of nitrogens with zero attached hydrogens (tertiary/aromatic N) is 1. The molecule has 2 nitrogen and oxygen atoms in total. The highest BCUT2D eigenvalue weighted by Crippen LogP contribution is 2.22. The van der Waals surface area contributed by atoms with Gasteiger partial charge < -0.3 is 9.88 Å². The van der Waals surface area contributed by atoms with Gasteiger partial charge in [-0.15, -0.1) is 12.6 Å². The predicted molar refractivity (Wildman–Crippen MR) is 57.2 cm³/mol. The summed E-state index contributed by atoms with van der Waals surface area (Å²) in [6.07, 6.45) is 6.08. The Hall–Kier alpha value is -0.740. The second-order valence-corrected chi connectivity index (χ2v) is 3.77. The van der Waals surface area contributed by atoms with Crippen LogP contribution < -0.4 is 5.32 Å². The summed E-state index contributed by atoms with van der Waals surface area (Å²) in [4.78, 5) is 0. The standard InChI is InChI=1S/C8H8N2S2/c11-8(12)9-6-3-5-10-4-1-2-7(6)10/h1-6H,(H2,9,11,12). The zero-order valence-electron chi connectivity index (χ0n) is 6.27. The number of aromatic nitrogens is 1. The van der Waals surface area contributed by atoms with Crippen molar-refractivity contribution in [2.75, 3.05) is 0 Å². The van der Waals surface area contributed by atoms with Gasteiger partial charge in [0.05, 0.1) is 6.04 Å². The molecule has 0 amide bonds. The van der Waals surface area contributed by atoms with Gasteiger partial charge in [-0.05, 0) is 18.2 Å². The first kappa shape index (κ1) is 7.89. The Labute approximate surface area is 81.7 Å². The van der Waals surface area contributed by atoms with Crippen molar-refractivity contribution in [2.24, 2.45) is 0 Å². The van der Waals surface area contributed by atoms with E-state index in [2.05, 4.69) is 34.7 Å². The van der Waals surface area contributed by atoms with Crippen LogP contribution in [0.2, 0.25) is 0 Å². The van der Waals surface area contributed by atoms with Crippen LogP contribution in [0.25, 0.3) is 6.20 Å². The summed E-state index contributed by atoms with van der Waals surface area (Å²) >= 11 is 8.87. The smallest absolute Gasteiger partial charge is 0.131 e. The summed E-state index contributed by atoms with van der Waals surface area (Å²) in [5, 5.41) is 3.07. The second kappa shape index (κ2) is 2.95. The van der Waals surface area contributed by atoms with Gasteiger partial charge in [-0.3, -0.25) is 0 Å². The topological polar surface area (TPSA) is 17.0 Å². The first-order valence-corrected chi connectivity index (χ1v) is 4.47. The molecule has 0 saturated heterocycles. The molecule has 0 spiro atoms. The third kappa shape index (κ3) is 1.28. The van der Waals surface area contributed by atoms with Crippen molar-refractivity contribution < 1.29 is 0 Å². The molecule has 1 aromatic heterocycles. The van der Waals surface area contributed by atoms with Gasteiger partial charge in [-0.2, -0.15) is 0 Å². The van der Waals surface area contributed by atoms with Crippen LogP contribution in [-0.2, 0) is 0 Å². The minimum atomic E-state index is 0.185. The molecule has 2 heterocycles. The van der Waals surface area contributed by atoms with E-state index in [4.69, 9.17) is 12.2 Å². The Morgan fingerprint density at radius 3 is 3.25 bits per heavy atom. The van der Waals surface area contributed by atoms with Crippen LogP contribution in [0.15, 0.2) is 24.4 Å². The van der Waals surface area contributed by atoms with Crippen LogP contribution in [0, 0.1) is 0 Å². The lowest BCUT2D eigenvalue weighted by Gasteiger charge is -2.09. The highest BCUT2D eigenvalue weighted by Gasteiger charge is 2.15. The van der Waals surface area contributed by atoms with E-state index in [9.17, 15) is 0 Å². The molecule has 0 aromatic carbocycles. The van der Waals surface area contributed by atoms with Crippen LogP contribution in [0.1, 0.15) is 11.7 Å². The molecule has 1 aliphatic rings. The van der Waals surface area contributed by atoms with Crippen molar-refractivity contribution in [2.45, 2.75) is 6.04 Å². The number of nitrogens with one attached hydrogen (secondary N) is 1. The van der Waals surface area contributed by atoms with Gasteiger partial charge in [-0.25, -0.2) is 0 Å². The lowest BCUT2D eigenvalue weighted by atomic mass is 10.2. The Kier molecular flexibility index (Phi) is 1.94. The molecule has 1 atom stereocenters. The molecule has 0 bridgehead atoms. The average molecular weight is 196 g/mol. The van der Waals surface area contributed by atoms with Gasteiger partial charge >= 0.3 is 0 Å². The third-order valence-corrected chi connectivity index (χ3v) is 2.10. The van der Waals surface area contributed by atoms with E-state index >= 15 is 0 Å². The Morgan fingerprint density at radius 2 is 2.50 bits per heavy atom. The average Bonchev–Trinajstić information content (AvgIpc) is 2.52. The predicted octanol–water partition coefficient (Wildman–Crippen LogP) is 1.82. The molecule has 0 aliphatic carbocycles. The molecule has 4 heteroatoms. The Morgan fingerprint density at radius 1 is 1.67 bits per heavy atom. The number of hydrogen-bond donors (Lipinski definition) is 2. The lowest BCUT2D eigenvalue weighted by molar-refractivity contribution is 0.792. The van der Waals surface area contributed by atoms with Crippen molar-refractivity contribution in [1.29, 1.82) is 0 Å². The fourth-order valence-corrected chi connectivity index (χ4v) is 1.61. The maximum absolute atomic E-state index is 4.85. The molecular formula is C8H8N2S2. The quantitative estimate of drug-likeness (QED) is 0.527. The van der Waals surface area contributed by atoms with E-state index in [1.807, 2.05) is 18.5 Å². The van der Waals surface area contributed by atoms with Gasteiger partial charge in [0.15, 0.2) is 0 Å². The largest absolute Gasteiger partial charge is 0.359 e. The molecule has 0 radical (unpaired) electrons. The second-order valence-electron chi connectivity index (χ2n) is 2.61. The third-order valence-electron chi connectivity index (χ3n) is 1.85. The van der Waals surface area contributed by atoms with Crippen molar-refractivity contribution in [3.63, 3.8) is 0 Å². The van der Waals surface area contributed by atoms with Crippen LogP contribution in [0.4, 0.5) is 0 Å². The summed E-state index contributed by atoms with van der Waals surface area (Å²) < 4.78 is 2.59. The molecule has 0 saturated carbocycles. The highest BCUT2D eigenvalue weighted by molar-refractivity contribution is 8.11. The van der Waals surface area contributed by atoms with Gasteiger partial charge in [0.2, 0.25) is 0 Å². The number of hydrogen-bond acceptors (Lipinski definition) is 1. The molecule has 62 valence electrons. The Bertz CT molecular complexity index is 341. The maximum atomic E-state index is 4.85. The van der Waals surface area contributed by atoms with Crippen LogP contribution >= 0.6 is 24.8 Å². The van der Waals surface area contributed by atoms with Crippen molar-refractivity contribution >= 4 is 35.4 Å². The Balaban J connectivity index is 2.23. The lowest BCUT2D eigenvalue weighted by Crippen LogP contribution is -2.20. The van der Waals surface area contributed by atoms with Gasteiger partial charge in [-0.1, -0.05) is 12.2 Å². The van der Waals surface area contributed by atoms with Crippen LogP contribution in [-0.4, -0.2) is 8.89 Å². The first-order valence-electron chi connectivity index (χ1n) is 3.62. The van der Waals surface area contributed by atoms with Crippen LogP contribution in [0.3, 0.4) is 0 Å². The monoisotopic (exact) mass is 196 g/mol. The fraction of sp³-hybridized carbons (Fsp3) is 0.125. The molecule has 1 unspecified atom stereocenters. The van der Waals surface area contributed by atoms with E-state index in [-0.39, 0.29) is 6.04 Å². The molecule has 2 rings (SSSR count). The van der Waals surface area contributed by atoms with Crippen molar-refractivity contribution in [3.05, 3.63) is 30.1 Å². The first-order chi connectivity index (χ1) is 5.77. The summed E-state index contributed by atoms with van der Waals surface area (Å²) in [5.41, 5.74) is 1.20. The summed E-state index contributed by atoms with van der Waals surface area (Å²) in [5.74, 6) is 0. The number of thiol groups is 1. The number of fused-ring (bicyclic) bond motifs is 1. The minimum absolute atomic E-state index is 0.185. The van der Waals surface area contributed by atoms with E-state index < -0.39 is 0 Å². The molecule has 1 aliphatic heterocycles. The molecule has 1 N–H and O–H groups in total. The van der Waals surface area contributed by atoms with Gasteiger partial charge in [0, 0.05) is 18.1 Å². The SMILES string of the molecule is S=C(S)NC1C=Cn2cccc21. The van der Waals surface area contributed by atoms with Crippen molar-refractivity contribution in [1.82, 2.24) is 9.88 Å². The van der Waals surface area contributed by atoms with Gasteiger partial charge in [0.1, 0.15) is 4.32 Å². The molecule has 12 heavy (non-hydrogen) atoms. The van der Waals surface area contributed by atoms with Crippen LogP contribution in [0.5, 0.6) is 0 Å². The normalized spacial score (nSPS) is 19.2. The minimum Gasteiger partial charge on any atom is -0.359 e. The number of thiocarbonyl (C=S) groups is 1. The summed E-state index contributed by atoms with van der Waals surface area (Å²) in [6.45, 7) is 0. The van der Waals surface area contributed by atoms with E-state index in [1.54, 1.807) is 0 Å². The number of rotatable bonds is 1. The van der Waals surface area contributed by atoms with E-state index in [0.29, 0.717) is 4.32 Å². The molecule has 1 aromatic rings. The van der Waals surface area contributed by atoms with Crippen molar-refractivity contribution in [3.8, 4) is 0 Å². The zero-order chi connectivity index (χ0) is 8.55. The summed E-state index contributed by atoms with van der Waals surface area (Å²) in [6, 6.07) is 4.25. The van der Waals surface area contributed by atoms with Gasteiger partial charge in [0.25, 0.3) is 0 Å². The van der Waals surface area contributed by atoms with E-state index in [0.717, 1.165) is 0 Å². The summed E-state index contributed by atoms with van der Waals surface area (Å²) in [7, 11) is 0.